The number of carbonyl (C=O) groups excluding carboxylic acids is 1. The van der Waals surface area contributed by atoms with Gasteiger partial charge in [-0.2, -0.15) is 4.79 Å². The van der Waals surface area contributed by atoms with E-state index in [1.54, 1.807) is 36.7 Å². The molecule has 0 saturated heterocycles. The number of urea groups is 1. The molecule has 1 aliphatic heterocycles. The van der Waals surface area contributed by atoms with E-state index in [1.807, 2.05) is 6.07 Å². The molecule has 3 aromatic rings. The summed E-state index contributed by atoms with van der Waals surface area (Å²) in [5.74, 6) is 0. The normalized spacial score (nSPS) is 12.5. The molecule has 2 amide bonds. The van der Waals surface area contributed by atoms with Gasteiger partial charge in [0.15, 0.2) is 6.54 Å². The lowest BCUT2D eigenvalue weighted by molar-refractivity contribution is -0.537. The minimum Gasteiger partial charge on any atom is -0.280 e. The zero-order chi connectivity index (χ0) is 23.6. The number of pyridine rings is 1. The lowest BCUT2D eigenvalue weighted by Gasteiger charge is -2.08. The number of hydrazine groups is 1. The van der Waals surface area contributed by atoms with Crippen molar-refractivity contribution in [2.75, 3.05) is 10.1 Å². The van der Waals surface area contributed by atoms with Crippen molar-refractivity contribution in [3.8, 4) is 0 Å². The number of anilines is 2. The van der Waals surface area contributed by atoms with E-state index in [2.05, 4.69) is 28.6 Å². The van der Waals surface area contributed by atoms with Crippen LogP contribution in [-0.2, 0) is 23.1 Å². The number of nitrogens with zero attached hydrogens (tertiary/aromatic N) is 4. The number of aromatic nitrogens is 1. The zero-order valence-electron chi connectivity index (χ0n) is 17.5. The number of nitroso groups, excluding NO2 is 1. The van der Waals surface area contributed by atoms with Gasteiger partial charge in [-0.25, -0.2) is 8.42 Å². The van der Waals surface area contributed by atoms with Gasteiger partial charge in [0.05, 0.1) is 15.4 Å². The number of rotatable bonds is 6. The Kier molecular flexibility index (Phi) is 5.80. The average molecular weight is 466 g/mol. The molecule has 0 aliphatic carbocycles. The van der Waals surface area contributed by atoms with E-state index in [1.165, 1.54) is 28.8 Å². The number of hydrogen-bond donors (Lipinski definition) is 2. The summed E-state index contributed by atoms with van der Waals surface area (Å²) in [5, 5.41) is 0. The van der Waals surface area contributed by atoms with Crippen molar-refractivity contribution in [3.05, 3.63) is 83.0 Å². The van der Waals surface area contributed by atoms with E-state index in [-0.39, 0.29) is 18.0 Å². The van der Waals surface area contributed by atoms with Gasteiger partial charge in [0.25, 0.3) is 16.6 Å². The van der Waals surface area contributed by atoms with E-state index in [9.17, 15) is 18.1 Å². The molecule has 0 atom stereocenters. The lowest BCUT2D eigenvalue weighted by atomic mass is 10.2. The second-order valence-corrected chi connectivity index (χ2v) is 9.07. The van der Waals surface area contributed by atoms with Gasteiger partial charge in [0, 0.05) is 35.8 Å². The molecular formula is C22H21N6O4S+3. The fourth-order valence-corrected chi connectivity index (χ4v) is 4.36. The van der Waals surface area contributed by atoms with Crippen molar-refractivity contribution in [1.82, 2.24) is 4.98 Å². The van der Waals surface area contributed by atoms with Crippen LogP contribution < -0.4 is 10.1 Å². The summed E-state index contributed by atoms with van der Waals surface area (Å²) < 4.78 is 30.4. The van der Waals surface area contributed by atoms with Gasteiger partial charge in [0.2, 0.25) is 5.69 Å². The first-order valence-electron chi connectivity index (χ1n) is 9.81. The molecule has 2 heterocycles. The molecule has 1 aliphatic rings. The van der Waals surface area contributed by atoms with Crippen molar-refractivity contribution >= 4 is 46.6 Å². The first kappa shape index (κ1) is 22.0. The zero-order valence-corrected chi connectivity index (χ0v) is 18.3. The molecule has 0 spiro atoms. The van der Waals surface area contributed by atoms with Gasteiger partial charge < -0.3 is 0 Å². The number of nitrogens with one attached hydrogen (secondary N) is 2. The van der Waals surface area contributed by atoms with Crippen LogP contribution in [-0.4, -0.2) is 46.9 Å². The predicted molar refractivity (Wildman–Crippen MR) is 122 cm³/mol. The number of amides is 2. The molecule has 4 rings (SSSR count). The third kappa shape index (κ3) is 4.83. The highest BCUT2D eigenvalue weighted by molar-refractivity contribution is 7.92. The third-order valence-corrected chi connectivity index (χ3v) is 6.37. The molecule has 33 heavy (non-hydrogen) atoms. The molecular weight excluding hydrogens is 444 g/mol. The molecule has 2 aromatic carbocycles. The molecule has 0 fully saturated rings. The lowest BCUT2D eigenvalue weighted by Crippen LogP contribution is -2.26. The van der Waals surface area contributed by atoms with E-state index < -0.39 is 16.1 Å². The second kappa shape index (κ2) is 8.71. The highest BCUT2D eigenvalue weighted by Gasteiger charge is 2.30. The van der Waals surface area contributed by atoms with Crippen molar-refractivity contribution in [3.63, 3.8) is 0 Å². The summed E-state index contributed by atoms with van der Waals surface area (Å²) in [7, 11) is -3.88. The molecule has 1 aromatic heterocycles. The van der Waals surface area contributed by atoms with Gasteiger partial charge in [-0.05, 0) is 42.5 Å². The van der Waals surface area contributed by atoms with E-state index >= 15 is 0 Å². The monoisotopic (exact) mass is 465 g/mol. The molecule has 10 nitrogen and oxygen atoms in total. The maximum atomic E-state index is 12.8. The summed E-state index contributed by atoms with van der Waals surface area (Å²) in [6, 6.07) is 13.7. The number of hydrogen-bond acceptors (Lipinski definition) is 5. The van der Waals surface area contributed by atoms with Gasteiger partial charge in [-0.15, -0.1) is 10.0 Å². The van der Waals surface area contributed by atoms with Crippen LogP contribution in [0.3, 0.4) is 0 Å². The molecule has 0 unspecified atom stereocenters. The standard InChI is InChI=1S/C22H21N6O4S/c1-26(14-16-4-3-11-23-13-16)22(29)27(2)19-6-8-20(9-7-19)33(31,32)25-18-5-10-21-17(12-18)15-28(30)24-21/h3-13,25H,1-2,14-15H2,(H,24,30)/q+3. The average Bonchev–Trinajstić information content (AvgIpc) is 3.17. The summed E-state index contributed by atoms with van der Waals surface area (Å²) >= 11 is 0. The first-order chi connectivity index (χ1) is 15.7. The minimum atomic E-state index is -3.88. The molecule has 0 radical (unpaired) electrons. The summed E-state index contributed by atoms with van der Waals surface area (Å²) in [4.78, 5) is 28.7. The van der Waals surface area contributed by atoms with Crippen LogP contribution in [0, 0.1) is 4.91 Å². The maximum Gasteiger partial charge on any atom is 0.676 e. The van der Waals surface area contributed by atoms with E-state index in [0.717, 1.165) is 10.1 Å². The van der Waals surface area contributed by atoms with E-state index in [4.69, 9.17) is 0 Å². The number of sulfonamides is 1. The molecule has 11 heteroatoms. The Morgan fingerprint density at radius 2 is 1.91 bits per heavy atom. The highest BCUT2D eigenvalue weighted by atomic mass is 32.2. The van der Waals surface area contributed by atoms with Crippen molar-refractivity contribution in [1.29, 1.82) is 0 Å². The van der Waals surface area contributed by atoms with E-state index in [0.29, 0.717) is 27.5 Å². The first-order valence-corrected chi connectivity index (χ1v) is 11.3. The SMILES string of the molecule is C=[N+](Cc1cccnc1)C(=O)[N+](=C)c1ccc(S(=O)(=O)Nc2ccc3c(c2)C[N+](=O)N3)cc1. The maximum absolute atomic E-state index is 12.8. The topological polar surface area (TPSA) is 114 Å². The molecule has 0 saturated carbocycles. The van der Waals surface area contributed by atoms with Gasteiger partial charge >= 0.3 is 6.03 Å². The minimum absolute atomic E-state index is 0.0120. The van der Waals surface area contributed by atoms with Crippen LogP contribution in [0.2, 0.25) is 0 Å². The van der Waals surface area contributed by atoms with Crippen LogP contribution in [0.5, 0.6) is 0 Å². The van der Waals surface area contributed by atoms with Crippen LogP contribution in [0.15, 0.2) is 71.9 Å². The largest absolute Gasteiger partial charge is 0.676 e. The predicted octanol–water partition coefficient (Wildman–Crippen LogP) is 2.88. The van der Waals surface area contributed by atoms with Crippen molar-refractivity contribution in [2.45, 2.75) is 18.0 Å². The van der Waals surface area contributed by atoms with Crippen LogP contribution in [0.25, 0.3) is 0 Å². The second-order valence-electron chi connectivity index (χ2n) is 7.39. The third-order valence-electron chi connectivity index (χ3n) is 4.97. The Morgan fingerprint density at radius 1 is 1.15 bits per heavy atom. The van der Waals surface area contributed by atoms with Crippen LogP contribution in [0.4, 0.5) is 21.9 Å². The molecule has 166 valence electrons. The fraction of sp³-hybridized carbons (Fsp3) is 0.0909. The Morgan fingerprint density at radius 3 is 2.61 bits per heavy atom. The van der Waals surface area contributed by atoms with Crippen molar-refractivity contribution < 1.29 is 27.2 Å². The van der Waals surface area contributed by atoms with Gasteiger partial charge in [0.1, 0.15) is 24.0 Å². The fourth-order valence-electron chi connectivity index (χ4n) is 3.31. The van der Waals surface area contributed by atoms with Crippen molar-refractivity contribution in [2.24, 2.45) is 0 Å². The molecule has 0 bridgehead atoms. The Balaban J connectivity index is 1.45. The smallest absolute Gasteiger partial charge is 0.280 e. The van der Waals surface area contributed by atoms with Crippen LogP contribution in [0.1, 0.15) is 11.1 Å². The Labute approximate surface area is 190 Å². The number of carbonyl (C=O) groups is 1. The number of fused-ring (bicyclic) bond motifs is 1. The highest BCUT2D eigenvalue weighted by Crippen LogP contribution is 2.27. The van der Waals surface area contributed by atoms with Crippen LogP contribution >= 0.6 is 0 Å². The Hall–Kier alpha value is -4.25. The summed E-state index contributed by atoms with van der Waals surface area (Å²) in [5.41, 5.74) is 5.50. The molecule has 2 N–H and O–H groups in total. The number of benzene rings is 2. The summed E-state index contributed by atoms with van der Waals surface area (Å²) in [6.07, 6.45) is 3.28. The Bertz CT molecular complexity index is 1390. The quantitative estimate of drug-likeness (QED) is 0.427. The van der Waals surface area contributed by atoms with Gasteiger partial charge in [-0.3, -0.25) is 9.71 Å². The van der Waals surface area contributed by atoms with Gasteiger partial charge in [-0.1, -0.05) is 4.58 Å². The summed E-state index contributed by atoms with van der Waals surface area (Å²) in [6.45, 7) is 7.88.